The molecule has 0 saturated heterocycles. The zero-order valence-electron chi connectivity index (χ0n) is 46.0. The van der Waals surface area contributed by atoms with Gasteiger partial charge in [0.15, 0.2) is 0 Å². The van der Waals surface area contributed by atoms with Crippen molar-refractivity contribution in [1.82, 2.24) is 0 Å². The molecule has 11 aromatic carbocycles. The minimum Gasteiger partial charge on any atom is -0.456 e. The van der Waals surface area contributed by atoms with Crippen LogP contribution in [0.3, 0.4) is 0 Å². The number of nitrogens with zero attached hydrogens (tertiary/aromatic N) is 2. The summed E-state index contributed by atoms with van der Waals surface area (Å²) in [6.45, 7) is 13.4. The van der Waals surface area contributed by atoms with Crippen molar-refractivity contribution in [1.29, 1.82) is 0 Å². The van der Waals surface area contributed by atoms with E-state index in [0.717, 1.165) is 101 Å². The molecule has 0 fully saturated rings. The molecule has 4 nitrogen and oxygen atoms in total. The van der Waals surface area contributed by atoms with Crippen LogP contribution in [0.15, 0.2) is 243 Å². The largest absolute Gasteiger partial charge is 0.456 e. The Kier molecular flexibility index (Phi) is 10.9. The first kappa shape index (κ1) is 47.9. The second-order valence-electron chi connectivity index (χ2n) is 24.0. The van der Waals surface area contributed by atoms with Gasteiger partial charge in [-0.3, -0.25) is 0 Å². The summed E-state index contributed by atoms with van der Waals surface area (Å²) in [6.07, 6.45) is 0. The maximum Gasteiger partial charge on any atom is 0.256 e. The molecule has 15 rings (SSSR count). The Morgan fingerprint density at radius 1 is 0.300 bits per heavy atom. The summed E-state index contributed by atoms with van der Waals surface area (Å²) in [5.41, 5.74) is 24.8. The van der Waals surface area contributed by atoms with Crippen LogP contribution in [0.4, 0.5) is 34.1 Å². The number of hydrogen-bond acceptors (Lipinski definition) is 4. The van der Waals surface area contributed by atoms with Gasteiger partial charge in [-0.1, -0.05) is 236 Å². The molecule has 11 aromatic rings. The normalized spacial score (nSPS) is 13.5. The first-order valence-electron chi connectivity index (χ1n) is 28.1. The molecular formula is C74H58B2N2O2. The molecule has 4 heterocycles. The lowest BCUT2D eigenvalue weighted by atomic mass is 9.31. The van der Waals surface area contributed by atoms with Gasteiger partial charge in [0, 0.05) is 33.7 Å². The molecule has 0 unspecified atom stereocenters. The van der Waals surface area contributed by atoms with E-state index in [1.807, 2.05) is 0 Å². The lowest BCUT2D eigenvalue weighted by Crippen LogP contribution is -2.64. The fraction of sp³-hybridized carbons (Fsp3) is 0.108. The molecule has 80 heavy (non-hydrogen) atoms. The summed E-state index contributed by atoms with van der Waals surface area (Å²) >= 11 is 0. The van der Waals surface area contributed by atoms with Gasteiger partial charge in [0.1, 0.15) is 23.0 Å². The van der Waals surface area contributed by atoms with Crippen molar-refractivity contribution in [3.63, 3.8) is 0 Å². The summed E-state index contributed by atoms with van der Waals surface area (Å²) in [6, 6.07) is 89.3. The van der Waals surface area contributed by atoms with Gasteiger partial charge < -0.3 is 19.3 Å². The maximum atomic E-state index is 7.85. The van der Waals surface area contributed by atoms with E-state index in [0.29, 0.717) is 0 Å². The molecule has 0 atom stereocenters. The highest BCUT2D eigenvalue weighted by Crippen LogP contribution is 2.54. The molecule has 0 spiro atoms. The SMILES string of the molecule is CC(C)(C)c1ccc2c(c1)B1c3cc(-c4ccccc4)ccc3N(c3ccc(-c4ccccc4)cc3)c3c4c5c(c(c31)O2)N(c1ccc(-c2ccccc2)cc1)c1ccc(-c2ccccc2)cc1B5c1cc(C(C)(C)C)ccc1O4. The predicted molar refractivity (Wildman–Crippen MR) is 337 cm³/mol. The molecule has 0 N–H and O–H groups in total. The summed E-state index contributed by atoms with van der Waals surface area (Å²) in [5.74, 6) is 3.41. The number of benzene rings is 11. The molecule has 4 aliphatic heterocycles. The van der Waals surface area contributed by atoms with E-state index in [9.17, 15) is 0 Å². The molecule has 0 bridgehead atoms. The van der Waals surface area contributed by atoms with Crippen LogP contribution in [0.2, 0.25) is 0 Å². The molecular weight excluding hydrogens is 970 g/mol. The van der Waals surface area contributed by atoms with Crippen LogP contribution in [0.25, 0.3) is 44.5 Å². The zero-order chi connectivity index (χ0) is 54.0. The zero-order valence-corrected chi connectivity index (χ0v) is 46.0. The lowest BCUT2D eigenvalue weighted by molar-refractivity contribution is 0.476. The number of hydrogen-bond donors (Lipinski definition) is 0. The van der Waals surface area contributed by atoms with Crippen molar-refractivity contribution in [2.75, 3.05) is 9.80 Å². The van der Waals surface area contributed by atoms with Crippen LogP contribution >= 0.6 is 0 Å². The van der Waals surface area contributed by atoms with Gasteiger partial charge in [-0.15, -0.1) is 0 Å². The summed E-state index contributed by atoms with van der Waals surface area (Å²) in [4.78, 5) is 4.98. The first-order chi connectivity index (χ1) is 38.9. The van der Waals surface area contributed by atoms with E-state index < -0.39 is 0 Å². The van der Waals surface area contributed by atoms with E-state index in [-0.39, 0.29) is 24.3 Å². The third kappa shape index (κ3) is 7.68. The predicted octanol–water partition coefficient (Wildman–Crippen LogP) is 15.8. The average molecular weight is 1030 g/mol. The lowest BCUT2D eigenvalue weighted by Gasteiger charge is -2.47. The molecule has 0 saturated carbocycles. The van der Waals surface area contributed by atoms with Crippen molar-refractivity contribution in [2.45, 2.75) is 52.4 Å². The quantitative estimate of drug-likeness (QED) is 0.155. The second-order valence-corrected chi connectivity index (χ2v) is 24.0. The van der Waals surface area contributed by atoms with E-state index in [1.165, 1.54) is 44.3 Å². The van der Waals surface area contributed by atoms with Gasteiger partial charge in [-0.2, -0.15) is 0 Å². The van der Waals surface area contributed by atoms with Crippen molar-refractivity contribution in [2.24, 2.45) is 0 Å². The molecule has 4 aliphatic rings. The van der Waals surface area contributed by atoms with E-state index in [2.05, 4.69) is 294 Å². The van der Waals surface area contributed by atoms with Crippen molar-refractivity contribution in [3.8, 4) is 67.5 Å². The average Bonchev–Trinajstić information content (AvgIpc) is 3.12. The van der Waals surface area contributed by atoms with Crippen molar-refractivity contribution < 1.29 is 9.47 Å². The number of fused-ring (bicyclic) bond motifs is 10. The van der Waals surface area contributed by atoms with Crippen LogP contribution in [-0.2, 0) is 10.8 Å². The molecule has 0 aliphatic carbocycles. The maximum absolute atomic E-state index is 7.85. The highest BCUT2D eigenvalue weighted by Gasteiger charge is 2.52. The summed E-state index contributed by atoms with van der Waals surface area (Å²) in [7, 11) is 0. The Bertz CT molecular complexity index is 3970. The molecule has 0 aromatic heterocycles. The van der Waals surface area contributed by atoms with E-state index in [1.54, 1.807) is 0 Å². The van der Waals surface area contributed by atoms with Crippen LogP contribution in [0.5, 0.6) is 23.0 Å². The Morgan fingerprint density at radius 2 is 0.613 bits per heavy atom. The number of anilines is 6. The smallest absolute Gasteiger partial charge is 0.256 e. The monoisotopic (exact) mass is 1030 g/mol. The minimum atomic E-state index is -0.234. The van der Waals surface area contributed by atoms with Gasteiger partial charge in [0.05, 0.1) is 11.4 Å². The van der Waals surface area contributed by atoms with Crippen molar-refractivity contribution in [3.05, 3.63) is 254 Å². The fourth-order valence-corrected chi connectivity index (χ4v) is 13.0. The van der Waals surface area contributed by atoms with Crippen LogP contribution in [-0.4, -0.2) is 13.4 Å². The first-order valence-corrected chi connectivity index (χ1v) is 28.1. The molecule has 0 radical (unpaired) electrons. The van der Waals surface area contributed by atoms with Crippen LogP contribution in [0, 0.1) is 0 Å². The van der Waals surface area contributed by atoms with Crippen LogP contribution < -0.4 is 52.1 Å². The third-order valence-electron chi connectivity index (χ3n) is 17.1. The van der Waals surface area contributed by atoms with Gasteiger partial charge in [-0.05, 0) is 137 Å². The Labute approximate surface area is 470 Å². The second kappa shape index (κ2) is 18.2. The Hall–Kier alpha value is -9.25. The number of ether oxygens (including phenoxy) is 2. The van der Waals surface area contributed by atoms with Gasteiger partial charge in [0.2, 0.25) is 0 Å². The minimum absolute atomic E-state index is 0.118. The van der Waals surface area contributed by atoms with Crippen molar-refractivity contribution >= 4 is 80.3 Å². The van der Waals surface area contributed by atoms with E-state index >= 15 is 0 Å². The van der Waals surface area contributed by atoms with Gasteiger partial charge in [-0.25, -0.2) is 0 Å². The van der Waals surface area contributed by atoms with E-state index in [4.69, 9.17) is 9.47 Å². The Balaban J connectivity index is 1.08. The highest BCUT2D eigenvalue weighted by atomic mass is 16.5. The third-order valence-corrected chi connectivity index (χ3v) is 17.1. The number of rotatable bonds is 6. The van der Waals surface area contributed by atoms with Gasteiger partial charge >= 0.3 is 0 Å². The fourth-order valence-electron chi connectivity index (χ4n) is 13.0. The molecule has 382 valence electrons. The summed E-state index contributed by atoms with van der Waals surface area (Å²) < 4.78 is 15.7. The Morgan fingerprint density at radius 3 is 0.950 bits per heavy atom. The highest BCUT2D eigenvalue weighted by molar-refractivity contribution is 7.02. The van der Waals surface area contributed by atoms with Gasteiger partial charge in [0.25, 0.3) is 13.4 Å². The topological polar surface area (TPSA) is 24.9 Å². The summed E-state index contributed by atoms with van der Waals surface area (Å²) in [5, 5.41) is 0. The standard InChI is InChI=1S/C74H58B2N2O2/c1-73(2,3)55-33-41-65-61(45-55)75-59-43-53(49-23-15-9-16-24-49)31-39-63(59)77(57-35-27-51(28-36-57)47-19-11-7-12-20-47)69-67(75)71(79-65)70-68-72(69)80-66-42-34-56(74(4,5)6)46-62(66)76(68)60-44-54(50-25-17-10-18-26-50)32-40-64(60)78(70)58-37-29-52(30-38-58)48-21-13-8-14-22-48/h7-46H,1-6H3. The van der Waals surface area contributed by atoms with Crippen LogP contribution in [0.1, 0.15) is 52.7 Å². The molecule has 6 heteroatoms. The molecule has 0 amide bonds.